The second-order valence-electron chi connectivity index (χ2n) is 6.33. The van der Waals surface area contributed by atoms with Crippen molar-refractivity contribution in [3.05, 3.63) is 65.9 Å². The van der Waals surface area contributed by atoms with Gasteiger partial charge in [0.15, 0.2) is 11.6 Å². The highest BCUT2D eigenvalue weighted by molar-refractivity contribution is 5.94. The number of nitrogens with zero attached hydrogens (tertiary/aromatic N) is 3. The van der Waals surface area contributed by atoms with Crippen molar-refractivity contribution >= 4 is 28.9 Å². The van der Waals surface area contributed by atoms with Crippen LogP contribution < -0.4 is 10.6 Å². The van der Waals surface area contributed by atoms with E-state index in [1.807, 2.05) is 24.3 Å². The molecule has 26 heavy (non-hydrogen) atoms. The molecule has 0 spiro atoms. The molecule has 6 heteroatoms. The van der Waals surface area contributed by atoms with E-state index in [2.05, 4.69) is 51.8 Å². The predicted octanol–water partition coefficient (Wildman–Crippen LogP) is 4.68. The molecule has 1 aromatic heterocycles. The van der Waals surface area contributed by atoms with Crippen LogP contribution in [0.5, 0.6) is 0 Å². The van der Waals surface area contributed by atoms with E-state index in [1.165, 1.54) is 12.5 Å². The molecule has 0 saturated carbocycles. The van der Waals surface area contributed by atoms with Gasteiger partial charge >= 0.3 is 0 Å². The van der Waals surface area contributed by atoms with E-state index in [9.17, 15) is 4.79 Å². The molecule has 0 aliphatic carbocycles. The van der Waals surface area contributed by atoms with E-state index >= 15 is 0 Å². The fraction of sp³-hybridized carbons (Fsp3) is 0.200. The lowest BCUT2D eigenvalue weighted by Crippen LogP contribution is -2.02. The zero-order valence-corrected chi connectivity index (χ0v) is 15.0. The quantitative estimate of drug-likeness (QED) is 0.630. The maximum absolute atomic E-state index is 11.3. The zero-order valence-electron chi connectivity index (χ0n) is 15.0. The summed E-state index contributed by atoms with van der Waals surface area (Å²) in [4.78, 5) is 15.7. The summed E-state index contributed by atoms with van der Waals surface area (Å²) in [5, 5.41) is 14.3. The summed E-state index contributed by atoms with van der Waals surface area (Å²) in [5.41, 5.74) is 3.67. The molecule has 0 saturated heterocycles. The summed E-state index contributed by atoms with van der Waals surface area (Å²) < 4.78 is 0. The maximum atomic E-state index is 11.3. The number of carbonyl (C=O) groups excluding carboxylic acids is 1. The first-order valence-corrected chi connectivity index (χ1v) is 8.46. The number of nitrogens with one attached hydrogen (secondary N) is 2. The summed E-state index contributed by atoms with van der Waals surface area (Å²) in [5.74, 6) is 1.50. The van der Waals surface area contributed by atoms with E-state index in [0.29, 0.717) is 23.2 Å². The minimum absolute atomic E-state index is 0.0316. The van der Waals surface area contributed by atoms with E-state index < -0.39 is 0 Å². The van der Waals surface area contributed by atoms with Crippen molar-refractivity contribution in [3.8, 4) is 0 Å². The molecular formula is C20H21N5O. The molecule has 3 aromatic rings. The Balaban J connectivity index is 1.70. The first-order chi connectivity index (χ1) is 12.5. The largest absolute Gasteiger partial charge is 0.339 e. The Kier molecular flexibility index (Phi) is 5.22. The van der Waals surface area contributed by atoms with Gasteiger partial charge in [0.25, 0.3) is 0 Å². The Hall–Kier alpha value is -3.28. The lowest BCUT2D eigenvalue weighted by Gasteiger charge is -2.09. The third-order valence-electron chi connectivity index (χ3n) is 3.96. The number of ketones is 1. The van der Waals surface area contributed by atoms with E-state index in [1.54, 1.807) is 18.3 Å². The molecule has 0 bridgehead atoms. The molecular weight excluding hydrogens is 326 g/mol. The minimum atomic E-state index is 0.0316. The zero-order chi connectivity index (χ0) is 18.5. The molecule has 0 atom stereocenters. The number of aromatic nitrogens is 3. The van der Waals surface area contributed by atoms with Gasteiger partial charge < -0.3 is 10.6 Å². The predicted molar refractivity (Wildman–Crippen MR) is 103 cm³/mol. The molecule has 1 heterocycles. The van der Waals surface area contributed by atoms with Gasteiger partial charge in [-0.05, 0) is 54.8 Å². The lowest BCUT2D eigenvalue weighted by molar-refractivity contribution is 0.101. The molecule has 6 nitrogen and oxygen atoms in total. The van der Waals surface area contributed by atoms with Crippen LogP contribution in [0.25, 0.3) is 0 Å². The van der Waals surface area contributed by atoms with Crippen molar-refractivity contribution < 1.29 is 4.79 Å². The van der Waals surface area contributed by atoms with Gasteiger partial charge in [0, 0.05) is 16.9 Å². The summed E-state index contributed by atoms with van der Waals surface area (Å²) in [7, 11) is 0. The van der Waals surface area contributed by atoms with E-state index in [0.717, 1.165) is 11.4 Å². The van der Waals surface area contributed by atoms with Crippen LogP contribution >= 0.6 is 0 Å². The molecule has 0 aliphatic heterocycles. The molecule has 0 aliphatic rings. The average Bonchev–Trinajstić information content (AvgIpc) is 2.63. The number of hydrogen-bond donors (Lipinski definition) is 2. The van der Waals surface area contributed by atoms with Crippen molar-refractivity contribution in [2.45, 2.75) is 26.7 Å². The fourth-order valence-electron chi connectivity index (χ4n) is 2.43. The highest BCUT2D eigenvalue weighted by atomic mass is 16.1. The van der Waals surface area contributed by atoms with E-state index in [-0.39, 0.29) is 5.78 Å². The molecule has 2 N–H and O–H groups in total. The smallest absolute Gasteiger partial charge is 0.249 e. The molecule has 2 aromatic carbocycles. The van der Waals surface area contributed by atoms with Gasteiger partial charge in [-0.3, -0.25) is 4.79 Å². The van der Waals surface area contributed by atoms with Crippen LogP contribution in [0.2, 0.25) is 0 Å². The van der Waals surface area contributed by atoms with Crippen LogP contribution in [0.3, 0.4) is 0 Å². The Labute approximate surface area is 152 Å². The lowest BCUT2D eigenvalue weighted by atomic mass is 10.0. The van der Waals surface area contributed by atoms with E-state index in [4.69, 9.17) is 0 Å². The maximum Gasteiger partial charge on any atom is 0.249 e. The number of benzene rings is 2. The third-order valence-corrected chi connectivity index (χ3v) is 3.96. The SMILES string of the molecule is CC(=O)c1ccc(Nc2nncc(Nc3ccc(C(C)C)cc3)n2)cc1. The number of rotatable bonds is 6. The minimum Gasteiger partial charge on any atom is -0.339 e. The second-order valence-corrected chi connectivity index (χ2v) is 6.33. The van der Waals surface area contributed by atoms with Gasteiger partial charge in [-0.25, -0.2) is 0 Å². The summed E-state index contributed by atoms with van der Waals surface area (Å²) >= 11 is 0. The monoisotopic (exact) mass is 347 g/mol. The van der Waals surface area contributed by atoms with Crippen LogP contribution in [0.4, 0.5) is 23.1 Å². The summed E-state index contributed by atoms with van der Waals surface area (Å²) in [6.45, 7) is 5.87. The average molecular weight is 347 g/mol. The highest BCUT2D eigenvalue weighted by Gasteiger charge is 2.04. The molecule has 0 fully saturated rings. The molecule has 0 unspecified atom stereocenters. The van der Waals surface area contributed by atoms with Crippen LogP contribution in [0, 0.1) is 0 Å². The van der Waals surface area contributed by atoms with Crippen LogP contribution in [0.1, 0.15) is 42.6 Å². The Morgan fingerprint density at radius 2 is 1.54 bits per heavy atom. The van der Waals surface area contributed by atoms with Gasteiger partial charge in [-0.15, -0.1) is 5.10 Å². The van der Waals surface area contributed by atoms with Crippen molar-refractivity contribution in [3.63, 3.8) is 0 Å². The third kappa shape index (κ3) is 4.42. The molecule has 0 amide bonds. The van der Waals surface area contributed by atoms with Crippen LogP contribution in [0.15, 0.2) is 54.7 Å². The van der Waals surface area contributed by atoms with Crippen molar-refractivity contribution in [2.75, 3.05) is 10.6 Å². The Morgan fingerprint density at radius 1 is 0.923 bits per heavy atom. The van der Waals surface area contributed by atoms with Crippen LogP contribution in [-0.4, -0.2) is 21.0 Å². The van der Waals surface area contributed by atoms with Gasteiger partial charge in [0.1, 0.15) is 0 Å². The number of carbonyl (C=O) groups is 1. The summed E-state index contributed by atoms with van der Waals surface area (Å²) in [6.07, 6.45) is 1.57. The van der Waals surface area contributed by atoms with Gasteiger partial charge in [-0.1, -0.05) is 26.0 Å². The second kappa shape index (κ2) is 7.74. The molecule has 132 valence electrons. The first kappa shape index (κ1) is 17.5. The summed E-state index contributed by atoms with van der Waals surface area (Å²) in [6, 6.07) is 15.4. The normalized spacial score (nSPS) is 10.6. The van der Waals surface area contributed by atoms with Gasteiger partial charge in [-0.2, -0.15) is 10.1 Å². The highest BCUT2D eigenvalue weighted by Crippen LogP contribution is 2.20. The molecule has 0 radical (unpaired) electrons. The number of hydrogen-bond acceptors (Lipinski definition) is 6. The first-order valence-electron chi connectivity index (χ1n) is 8.46. The van der Waals surface area contributed by atoms with Crippen LogP contribution in [-0.2, 0) is 0 Å². The number of anilines is 4. The molecule has 3 rings (SSSR count). The van der Waals surface area contributed by atoms with Crippen molar-refractivity contribution in [1.29, 1.82) is 0 Å². The van der Waals surface area contributed by atoms with Gasteiger partial charge in [0.05, 0.1) is 6.20 Å². The topological polar surface area (TPSA) is 79.8 Å². The Morgan fingerprint density at radius 3 is 2.15 bits per heavy atom. The fourth-order valence-corrected chi connectivity index (χ4v) is 2.43. The number of Topliss-reactive ketones (excluding diaryl/α,β-unsaturated/α-hetero) is 1. The van der Waals surface area contributed by atoms with Gasteiger partial charge in [0.2, 0.25) is 5.95 Å². The Bertz CT molecular complexity index is 889. The standard InChI is InChI=1S/C20H21N5O/c1-13(2)15-4-8-17(9-5-15)22-19-12-21-25-20(24-19)23-18-10-6-16(7-11-18)14(3)26/h4-13H,1-3H3,(H2,22,23,24,25). The van der Waals surface area contributed by atoms with Crippen molar-refractivity contribution in [1.82, 2.24) is 15.2 Å². The van der Waals surface area contributed by atoms with Crippen molar-refractivity contribution in [2.24, 2.45) is 0 Å².